The fraction of sp³-hybridized carbons (Fsp3) is 0.871. The van der Waals surface area contributed by atoms with Crippen molar-refractivity contribution in [1.29, 1.82) is 0 Å². The fourth-order valence-electron chi connectivity index (χ4n) is 9.36. The van der Waals surface area contributed by atoms with Crippen molar-refractivity contribution in [2.45, 2.75) is 125 Å². The SMILES string of the molecule is CC(=O)O[C@H]1C=C2[C@H](OC(C)=O)C[C@H]3[C@@H](CC[C@]4(C)[C@@H]([C@@H](C)CCCC(C)C)CC[C@@H]34)[C@@]2(C)CC1. The Hall–Kier alpha value is -1.32. The van der Waals surface area contributed by atoms with Crippen LogP contribution in [0.1, 0.15) is 113 Å². The standard InChI is InChI=1S/C31H50O4/c1-19(2)9-8-10-20(3)25-11-12-26-24-18-29(35-22(5)33)28-17-23(34-21(4)32)13-15-31(28,7)27(24)14-16-30(25,26)6/h17,19-20,23-27,29H,8-16,18H2,1-7H3/t20-,23+,24+,25+,26-,27+,29+,30+,31+/m0/s1. The van der Waals surface area contributed by atoms with Gasteiger partial charge >= 0.3 is 11.9 Å². The highest BCUT2D eigenvalue weighted by molar-refractivity contribution is 5.67. The maximum atomic E-state index is 12.2. The number of esters is 2. The van der Waals surface area contributed by atoms with Crippen LogP contribution in [0.15, 0.2) is 11.6 Å². The van der Waals surface area contributed by atoms with Crippen molar-refractivity contribution in [3.05, 3.63) is 11.6 Å². The number of hydrogen-bond acceptors (Lipinski definition) is 4. The molecule has 0 spiro atoms. The lowest BCUT2D eigenvalue weighted by Gasteiger charge is -2.60. The second kappa shape index (κ2) is 10.2. The average molecular weight is 487 g/mol. The van der Waals surface area contributed by atoms with Gasteiger partial charge in [0.25, 0.3) is 0 Å². The predicted octanol–water partition coefficient (Wildman–Crippen LogP) is 7.50. The molecule has 4 nitrogen and oxygen atoms in total. The predicted molar refractivity (Wildman–Crippen MR) is 140 cm³/mol. The summed E-state index contributed by atoms with van der Waals surface area (Å²) in [5.74, 6) is 3.93. The molecule has 0 aromatic heterocycles. The van der Waals surface area contributed by atoms with Crippen LogP contribution in [0.25, 0.3) is 0 Å². The van der Waals surface area contributed by atoms with Crippen LogP contribution in [0.5, 0.6) is 0 Å². The Morgan fingerprint density at radius 2 is 1.66 bits per heavy atom. The van der Waals surface area contributed by atoms with E-state index in [4.69, 9.17) is 9.47 Å². The summed E-state index contributed by atoms with van der Waals surface area (Å²) in [6.45, 7) is 15.2. The van der Waals surface area contributed by atoms with E-state index >= 15 is 0 Å². The number of carbonyl (C=O) groups excluding carboxylic acids is 2. The molecule has 3 saturated carbocycles. The van der Waals surface area contributed by atoms with E-state index in [1.807, 2.05) is 0 Å². The quantitative estimate of drug-likeness (QED) is 0.276. The highest BCUT2D eigenvalue weighted by Gasteiger charge is 2.61. The molecule has 4 aliphatic rings. The molecule has 198 valence electrons. The van der Waals surface area contributed by atoms with E-state index in [1.54, 1.807) is 0 Å². The van der Waals surface area contributed by atoms with E-state index < -0.39 is 0 Å². The second-order valence-corrected chi connectivity index (χ2v) is 13.5. The van der Waals surface area contributed by atoms with Gasteiger partial charge in [-0.2, -0.15) is 0 Å². The lowest BCUT2D eigenvalue weighted by Crippen LogP contribution is -2.55. The summed E-state index contributed by atoms with van der Waals surface area (Å²) in [7, 11) is 0. The molecule has 4 heteroatoms. The van der Waals surface area contributed by atoms with Crippen molar-refractivity contribution in [1.82, 2.24) is 0 Å². The zero-order chi connectivity index (χ0) is 25.5. The molecule has 0 bridgehead atoms. The molecule has 0 N–H and O–H groups in total. The Morgan fingerprint density at radius 3 is 2.31 bits per heavy atom. The van der Waals surface area contributed by atoms with Crippen LogP contribution in [-0.4, -0.2) is 24.1 Å². The molecule has 9 atom stereocenters. The molecule has 4 rings (SSSR count). The average Bonchev–Trinajstić information content (AvgIpc) is 3.11. The summed E-state index contributed by atoms with van der Waals surface area (Å²) < 4.78 is 11.6. The Bertz CT molecular complexity index is 830. The van der Waals surface area contributed by atoms with Gasteiger partial charge < -0.3 is 9.47 Å². The summed E-state index contributed by atoms with van der Waals surface area (Å²) in [6.07, 6.45) is 13.9. The van der Waals surface area contributed by atoms with Crippen LogP contribution in [0, 0.1) is 46.3 Å². The molecule has 0 aromatic carbocycles. The lowest BCUT2D eigenvalue weighted by molar-refractivity contribution is -0.155. The van der Waals surface area contributed by atoms with Gasteiger partial charge in [0.2, 0.25) is 0 Å². The summed E-state index contributed by atoms with van der Waals surface area (Å²) in [4.78, 5) is 23.8. The van der Waals surface area contributed by atoms with Gasteiger partial charge in [0.1, 0.15) is 12.2 Å². The number of rotatable bonds is 7. The van der Waals surface area contributed by atoms with Crippen LogP contribution in [0.4, 0.5) is 0 Å². The summed E-state index contributed by atoms with van der Waals surface area (Å²) >= 11 is 0. The van der Waals surface area contributed by atoms with Crippen LogP contribution >= 0.6 is 0 Å². The van der Waals surface area contributed by atoms with Crippen LogP contribution in [0.2, 0.25) is 0 Å². The maximum absolute atomic E-state index is 12.2. The molecule has 0 amide bonds. The zero-order valence-corrected chi connectivity index (χ0v) is 23.4. The van der Waals surface area contributed by atoms with Crippen LogP contribution in [0.3, 0.4) is 0 Å². The van der Waals surface area contributed by atoms with Crippen LogP contribution < -0.4 is 0 Å². The van der Waals surface area contributed by atoms with Crippen LogP contribution in [-0.2, 0) is 19.1 Å². The molecule has 4 aliphatic carbocycles. The third-order valence-electron chi connectivity index (χ3n) is 10.9. The molecular weight excluding hydrogens is 436 g/mol. The van der Waals surface area contributed by atoms with Gasteiger partial charge in [0, 0.05) is 13.8 Å². The Balaban J connectivity index is 1.58. The first-order valence-corrected chi connectivity index (χ1v) is 14.5. The number of hydrogen-bond donors (Lipinski definition) is 0. The van der Waals surface area contributed by atoms with E-state index in [0.717, 1.165) is 42.9 Å². The normalized spacial score (nSPS) is 41.3. The van der Waals surface area contributed by atoms with Crippen molar-refractivity contribution in [2.75, 3.05) is 0 Å². The number of ether oxygens (including phenoxy) is 2. The number of carbonyl (C=O) groups is 2. The Kier molecular flexibility index (Phi) is 7.80. The van der Waals surface area contributed by atoms with Gasteiger partial charge in [-0.05, 0) is 103 Å². The highest BCUT2D eigenvalue weighted by Crippen LogP contribution is 2.68. The first-order chi connectivity index (χ1) is 16.5. The molecule has 3 fully saturated rings. The molecule has 0 heterocycles. The maximum Gasteiger partial charge on any atom is 0.303 e. The molecule has 0 aliphatic heterocycles. The van der Waals surface area contributed by atoms with Crippen molar-refractivity contribution >= 4 is 11.9 Å². The van der Waals surface area contributed by atoms with Crippen molar-refractivity contribution in [3.8, 4) is 0 Å². The van der Waals surface area contributed by atoms with Gasteiger partial charge in [0.15, 0.2) is 0 Å². The fourth-order valence-corrected chi connectivity index (χ4v) is 9.36. The van der Waals surface area contributed by atoms with Gasteiger partial charge in [-0.25, -0.2) is 0 Å². The minimum atomic E-state index is -0.235. The molecule has 0 radical (unpaired) electrons. The number of fused-ring (bicyclic) bond motifs is 5. The summed E-state index contributed by atoms with van der Waals surface area (Å²) in [5, 5.41) is 0. The third kappa shape index (κ3) is 5.10. The Morgan fingerprint density at radius 1 is 0.943 bits per heavy atom. The van der Waals surface area contributed by atoms with Gasteiger partial charge in [-0.3, -0.25) is 9.59 Å². The van der Waals surface area contributed by atoms with E-state index in [2.05, 4.69) is 40.7 Å². The molecule has 0 unspecified atom stereocenters. The molecule has 0 saturated heterocycles. The smallest absolute Gasteiger partial charge is 0.303 e. The highest BCUT2D eigenvalue weighted by atomic mass is 16.5. The first-order valence-electron chi connectivity index (χ1n) is 14.5. The molecule has 0 aromatic rings. The minimum Gasteiger partial charge on any atom is -0.458 e. The lowest BCUT2D eigenvalue weighted by atomic mass is 9.46. The van der Waals surface area contributed by atoms with E-state index in [-0.39, 0.29) is 29.6 Å². The monoisotopic (exact) mass is 486 g/mol. The molecular formula is C31H50O4. The van der Waals surface area contributed by atoms with E-state index in [9.17, 15) is 9.59 Å². The summed E-state index contributed by atoms with van der Waals surface area (Å²) in [5.41, 5.74) is 1.67. The largest absolute Gasteiger partial charge is 0.458 e. The first kappa shape index (κ1) is 26.7. The topological polar surface area (TPSA) is 52.6 Å². The second-order valence-electron chi connectivity index (χ2n) is 13.5. The van der Waals surface area contributed by atoms with Crippen molar-refractivity contribution < 1.29 is 19.1 Å². The van der Waals surface area contributed by atoms with Crippen molar-refractivity contribution in [2.24, 2.45) is 46.3 Å². The van der Waals surface area contributed by atoms with E-state index in [1.165, 1.54) is 64.4 Å². The van der Waals surface area contributed by atoms with Crippen molar-refractivity contribution in [3.63, 3.8) is 0 Å². The zero-order valence-electron chi connectivity index (χ0n) is 23.4. The summed E-state index contributed by atoms with van der Waals surface area (Å²) in [6, 6.07) is 0. The molecule has 35 heavy (non-hydrogen) atoms. The van der Waals surface area contributed by atoms with Gasteiger partial charge in [0.05, 0.1) is 0 Å². The minimum absolute atomic E-state index is 0.0297. The third-order valence-corrected chi connectivity index (χ3v) is 10.9. The van der Waals surface area contributed by atoms with E-state index in [0.29, 0.717) is 17.3 Å². The van der Waals surface area contributed by atoms with Gasteiger partial charge in [-0.15, -0.1) is 0 Å². The van der Waals surface area contributed by atoms with Gasteiger partial charge in [-0.1, -0.05) is 53.9 Å². The Labute approximate surface area is 214 Å².